The summed E-state index contributed by atoms with van der Waals surface area (Å²) in [6.45, 7) is 8.07. The number of anilines is 1. The fourth-order valence-electron chi connectivity index (χ4n) is 2.61. The van der Waals surface area contributed by atoms with Crippen molar-refractivity contribution < 1.29 is 5.11 Å². The third-order valence-electron chi connectivity index (χ3n) is 3.57. The number of hydrogen-bond donors (Lipinski definition) is 2. The minimum Gasteiger partial charge on any atom is -0.389 e. The summed E-state index contributed by atoms with van der Waals surface area (Å²) in [7, 11) is 0. The first-order valence-electron chi connectivity index (χ1n) is 7.05. The van der Waals surface area contributed by atoms with E-state index in [0.29, 0.717) is 16.6 Å². The molecular formula is C15H22ClN3OS. The molecule has 1 aliphatic rings. The van der Waals surface area contributed by atoms with Gasteiger partial charge in [0, 0.05) is 44.0 Å². The van der Waals surface area contributed by atoms with E-state index in [9.17, 15) is 5.11 Å². The highest BCUT2D eigenvalue weighted by Gasteiger charge is 2.23. The van der Waals surface area contributed by atoms with Gasteiger partial charge in [-0.1, -0.05) is 23.8 Å². The number of thiocarbonyl (C=S) groups is 1. The first-order valence-corrected chi connectivity index (χ1v) is 7.84. The second-order valence-electron chi connectivity index (χ2n) is 6.10. The highest BCUT2D eigenvalue weighted by Crippen LogP contribution is 2.25. The van der Waals surface area contributed by atoms with Crippen molar-refractivity contribution in [3.05, 3.63) is 28.8 Å². The summed E-state index contributed by atoms with van der Waals surface area (Å²) in [4.78, 5) is 4.89. The number of halogens is 1. The minimum atomic E-state index is -0.649. The molecule has 1 aliphatic heterocycles. The number of nitrogens with two attached hydrogens (primary N) is 1. The highest BCUT2D eigenvalue weighted by atomic mass is 35.5. The smallest absolute Gasteiger partial charge is 0.105 e. The summed E-state index contributed by atoms with van der Waals surface area (Å²) in [5.41, 5.74) is 6.78. The summed E-state index contributed by atoms with van der Waals surface area (Å²) < 4.78 is 0. The van der Waals surface area contributed by atoms with Gasteiger partial charge in [0.1, 0.15) is 4.99 Å². The summed E-state index contributed by atoms with van der Waals surface area (Å²) >= 11 is 11.2. The van der Waals surface area contributed by atoms with Crippen LogP contribution < -0.4 is 10.6 Å². The second-order valence-corrected chi connectivity index (χ2v) is 6.95. The van der Waals surface area contributed by atoms with Crippen LogP contribution in [0.2, 0.25) is 5.02 Å². The molecule has 0 unspecified atom stereocenters. The second kappa shape index (κ2) is 6.48. The maximum Gasteiger partial charge on any atom is 0.105 e. The van der Waals surface area contributed by atoms with Crippen LogP contribution >= 0.6 is 23.8 Å². The number of nitrogens with zero attached hydrogens (tertiary/aromatic N) is 2. The Balaban J connectivity index is 1.99. The van der Waals surface area contributed by atoms with Gasteiger partial charge >= 0.3 is 0 Å². The van der Waals surface area contributed by atoms with E-state index >= 15 is 0 Å². The Hall–Kier alpha value is -0.880. The molecule has 1 aromatic carbocycles. The van der Waals surface area contributed by atoms with Gasteiger partial charge in [-0.3, -0.25) is 4.90 Å². The third kappa shape index (κ3) is 4.54. The van der Waals surface area contributed by atoms with Gasteiger partial charge in [0.15, 0.2) is 0 Å². The lowest BCUT2D eigenvalue weighted by Crippen LogP contribution is -2.50. The largest absolute Gasteiger partial charge is 0.389 e. The Bertz CT molecular complexity index is 522. The van der Waals surface area contributed by atoms with Crippen molar-refractivity contribution in [3.8, 4) is 0 Å². The molecule has 21 heavy (non-hydrogen) atoms. The lowest BCUT2D eigenvalue weighted by molar-refractivity contribution is 0.0345. The zero-order valence-electron chi connectivity index (χ0n) is 12.5. The predicted octanol–water partition coefficient (Wildman–Crippen LogP) is 1.87. The van der Waals surface area contributed by atoms with E-state index in [2.05, 4.69) is 9.80 Å². The van der Waals surface area contributed by atoms with E-state index in [1.54, 1.807) is 0 Å². The van der Waals surface area contributed by atoms with E-state index in [0.717, 1.165) is 37.4 Å². The molecule has 1 heterocycles. The number of β-amino-alcohol motifs (C(OH)–C–C–N with tert-alkyl or cyclic N) is 1. The summed E-state index contributed by atoms with van der Waals surface area (Å²) in [6.07, 6.45) is 0. The van der Waals surface area contributed by atoms with Gasteiger partial charge in [0.05, 0.1) is 10.6 Å². The van der Waals surface area contributed by atoms with Crippen LogP contribution in [0.1, 0.15) is 19.4 Å². The van der Waals surface area contributed by atoms with Crippen molar-refractivity contribution >= 4 is 34.5 Å². The molecule has 0 amide bonds. The van der Waals surface area contributed by atoms with Gasteiger partial charge in [-0.05, 0) is 32.0 Å². The molecule has 1 saturated heterocycles. The van der Waals surface area contributed by atoms with E-state index in [1.165, 1.54) is 0 Å². The number of hydrogen-bond acceptors (Lipinski definition) is 4. The molecule has 3 N–H and O–H groups in total. The molecule has 0 spiro atoms. The van der Waals surface area contributed by atoms with Crippen LogP contribution in [0.15, 0.2) is 18.2 Å². The normalized spacial score (nSPS) is 17.0. The van der Waals surface area contributed by atoms with Gasteiger partial charge in [0.2, 0.25) is 0 Å². The summed E-state index contributed by atoms with van der Waals surface area (Å²) in [5, 5.41) is 10.5. The fraction of sp³-hybridized carbons (Fsp3) is 0.533. The SMILES string of the molecule is CC(C)(O)CN1CCN(c2ccc(C(N)=S)c(Cl)c2)CC1. The number of piperazine rings is 1. The molecule has 6 heteroatoms. The van der Waals surface area contributed by atoms with Crippen molar-refractivity contribution in [2.24, 2.45) is 5.73 Å². The van der Waals surface area contributed by atoms with Gasteiger partial charge < -0.3 is 15.7 Å². The van der Waals surface area contributed by atoms with Crippen molar-refractivity contribution in [2.75, 3.05) is 37.6 Å². The quantitative estimate of drug-likeness (QED) is 0.827. The minimum absolute atomic E-state index is 0.321. The Labute approximate surface area is 136 Å². The van der Waals surface area contributed by atoms with Crippen molar-refractivity contribution in [1.82, 2.24) is 4.90 Å². The van der Waals surface area contributed by atoms with Gasteiger partial charge in [-0.2, -0.15) is 0 Å². The van der Waals surface area contributed by atoms with Crippen LogP contribution in [0.25, 0.3) is 0 Å². The molecule has 0 aromatic heterocycles. The monoisotopic (exact) mass is 327 g/mol. The molecule has 116 valence electrons. The molecule has 1 aromatic rings. The molecule has 0 aliphatic carbocycles. The summed E-state index contributed by atoms with van der Waals surface area (Å²) in [6, 6.07) is 5.80. The van der Waals surface area contributed by atoms with E-state index in [-0.39, 0.29) is 0 Å². The topological polar surface area (TPSA) is 52.7 Å². The molecule has 0 bridgehead atoms. The summed E-state index contributed by atoms with van der Waals surface area (Å²) in [5.74, 6) is 0. The van der Waals surface area contributed by atoms with E-state index < -0.39 is 5.60 Å². The van der Waals surface area contributed by atoms with Crippen molar-refractivity contribution in [2.45, 2.75) is 19.4 Å². The zero-order chi connectivity index (χ0) is 15.6. The van der Waals surface area contributed by atoms with E-state index in [1.807, 2.05) is 32.0 Å². The first kappa shape index (κ1) is 16.5. The van der Waals surface area contributed by atoms with Gasteiger partial charge in [0.25, 0.3) is 0 Å². The Morgan fingerprint density at radius 2 is 1.95 bits per heavy atom. The van der Waals surface area contributed by atoms with Crippen LogP contribution in [0.4, 0.5) is 5.69 Å². The standard InChI is InChI=1S/C15H22ClN3OS/c1-15(2,20)10-18-5-7-19(8-6-18)11-3-4-12(14(17)21)13(16)9-11/h3-4,9,20H,5-8,10H2,1-2H3,(H2,17,21). The fourth-order valence-corrected chi connectivity index (χ4v) is 3.12. The van der Waals surface area contributed by atoms with Crippen LogP contribution in [0, 0.1) is 0 Å². The molecule has 0 saturated carbocycles. The predicted molar refractivity (Wildman–Crippen MR) is 92.3 cm³/mol. The maximum atomic E-state index is 9.87. The van der Waals surface area contributed by atoms with Gasteiger partial charge in [-0.15, -0.1) is 0 Å². The molecule has 4 nitrogen and oxygen atoms in total. The lowest BCUT2D eigenvalue weighted by Gasteiger charge is -2.38. The first-order chi connectivity index (χ1) is 9.76. The Morgan fingerprint density at radius 1 is 1.33 bits per heavy atom. The van der Waals surface area contributed by atoms with Crippen LogP contribution in [-0.2, 0) is 0 Å². The molecule has 2 rings (SSSR count). The average molecular weight is 328 g/mol. The average Bonchev–Trinajstić information content (AvgIpc) is 2.37. The lowest BCUT2D eigenvalue weighted by atomic mass is 10.1. The van der Waals surface area contributed by atoms with Crippen molar-refractivity contribution in [3.63, 3.8) is 0 Å². The van der Waals surface area contributed by atoms with Gasteiger partial charge in [-0.25, -0.2) is 0 Å². The molecular weight excluding hydrogens is 306 g/mol. The number of rotatable bonds is 4. The van der Waals surface area contributed by atoms with E-state index in [4.69, 9.17) is 29.6 Å². The Kier molecular flexibility index (Phi) is 5.09. The van der Waals surface area contributed by atoms with Crippen LogP contribution in [0.5, 0.6) is 0 Å². The third-order valence-corrected chi connectivity index (χ3v) is 4.10. The molecule has 0 atom stereocenters. The highest BCUT2D eigenvalue weighted by molar-refractivity contribution is 7.80. The van der Waals surface area contributed by atoms with Crippen molar-refractivity contribution in [1.29, 1.82) is 0 Å². The number of aliphatic hydroxyl groups is 1. The zero-order valence-corrected chi connectivity index (χ0v) is 14.0. The maximum absolute atomic E-state index is 9.87. The van der Waals surface area contributed by atoms with Crippen LogP contribution in [-0.4, -0.2) is 53.3 Å². The van der Waals surface area contributed by atoms with Crippen LogP contribution in [0.3, 0.4) is 0 Å². The molecule has 0 radical (unpaired) electrons. The number of benzene rings is 1. The molecule has 1 fully saturated rings. The Morgan fingerprint density at radius 3 is 2.43 bits per heavy atom.